The van der Waals surface area contributed by atoms with Crippen molar-refractivity contribution in [3.8, 4) is 11.5 Å². The molecule has 0 bridgehead atoms. The van der Waals surface area contributed by atoms with Crippen molar-refractivity contribution in [2.45, 2.75) is 6.42 Å². The predicted octanol–water partition coefficient (Wildman–Crippen LogP) is 2.94. The Morgan fingerprint density at radius 1 is 1.21 bits per heavy atom. The van der Waals surface area contributed by atoms with Crippen molar-refractivity contribution >= 4 is 28.8 Å². The number of pyridine rings is 1. The summed E-state index contributed by atoms with van der Waals surface area (Å²) in [6.45, 7) is 1.07. The molecule has 1 aromatic carbocycles. The van der Waals surface area contributed by atoms with Crippen LogP contribution in [0.1, 0.15) is 5.56 Å². The van der Waals surface area contributed by atoms with Crippen LogP contribution in [0.25, 0.3) is 5.65 Å². The number of halogens is 1. The Kier molecular flexibility index (Phi) is 3.74. The Balaban J connectivity index is 1.48. The average molecular weight is 344 g/mol. The van der Waals surface area contributed by atoms with Crippen molar-refractivity contribution < 1.29 is 14.3 Å². The van der Waals surface area contributed by atoms with E-state index in [1.165, 1.54) is 0 Å². The number of hydrogen-bond donors (Lipinski definition) is 1. The molecular formula is C17H14ClN3O3. The molecule has 6 nitrogen and oxygen atoms in total. The molecule has 0 radical (unpaired) electrons. The molecule has 1 aliphatic heterocycles. The Hall–Kier alpha value is -2.73. The number of imidazole rings is 1. The fraction of sp³-hybridized carbons (Fsp3) is 0.176. The van der Waals surface area contributed by atoms with Gasteiger partial charge in [0.25, 0.3) is 0 Å². The first-order valence-electron chi connectivity index (χ1n) is 7.50. The maximum absolute atomic E-state index is 12.3. The summed E-state index contributed by atoms with van der Waals surface area (Å²) in [5.74, 6) is 1.27. The van der Waals surface area contributed by atoms with Crippen LogP contribution in [0, 0.1) is 0 Å². The third kappa shape index (κ3) is 2.88. The van der Waals surface area contributed by atoms with Crippen LogP contribution in [-0.2, 0) is 11.2 Å². The number of aromatic nitrogens is 2. The molecule has 0 saturated carbocycles. The van der Waals surface area contributed by atoms with E-state index >= 15 is 0 Å². The zero-order valence-electron chi connectivity index (χ0n) is 12.7. The van der Waals surface area contributed by atoms with Gasteiger partial charge in [0.15, 0.2) is 11.5 Å². The molecule has 1 N–H and O–H groups in total. The zero-order valence-corrected chi connectivity index (χ0v) is 13.4. The highest BCUT2D eigenvalue weighted by Gasteiger charge is 2.13. The largest absolute Gasteiger partial charge is 0.486 e. The van der Waals surface area contributed by atoms with Gasteiger partial charge < -0.3 is 14.8 Å². The summed E-state index contributed by atoms with van der Waals surface area (Å²) in [5, 5.41) is 3.35. The Labute approximate surface area is 143 Å². The summed E-state index contributed by atoms with van der Waals surface area (Å²) in [6, 6.07) is 9.12. The number of nitrogens with one attached hydrogen (secondary N) is 1. The number of rotatable bonds is 3. The van der Waals surface area contributed by atoms with E-state index < -0.39 is 0 Å². The van der Waals surface area contributed by atoms with E-state index in [0.717, 1.165) is 11.2 Å². The molecule has 7 heteroatoms. The molecule has 24 heavy (non-hydrogen) atoms. The Morgan fingerprint density at radius 2 is 2.04 bits per heavy atom. The molecule has 0 spiro atoms. The maximum atomic E-state index is 12.3. The van der Waals surface area contributed by atoms with Crippen LogP contribution < -0.4 is 14.8 Å². The second-order valence-corrected chi connectivity index (χ2v) is 5.82. The van der Waals surface area contributed by atoms with Crippen LogP contribution in [0.2, 0.25) is 5.15 Å². The molecule has 122 valence electrons. The van der Waals surface area contributed by atoms with Gasteiger partial charge in [0.05, 0.1) is 18.3 Å². The van der Waals surface area contributed by atoms with Gasteiger partial charge in [-0.3, -0.25) is 9.20 Å². The topological polar surface area (TPSA) is 64.9 Å². The first kappa shape index (κ1) is 14.8. The highest BCUT2D eigenvalue weighted by molar-refractivity contribution is 6.29. The van der Waals surface area contributed by atoms with E-state index in [-0.39, 0.29) is 12.3 Å². The van der Waals surface area contributed by atoms with E-state index in [9.17, 15) is 4.79 Å². The first-order chi connectivity index (χ1) is 11.7. The van der Waals surface area contributed by atoms with Crippen molar-refractivity contribution in [2.75, 3.05) is 18.5 Å². The van der Waals surface area contributed by atoms with Crippen LogP contribution in [-0.4, -0.2) is 28.5 Å². The fourth-order valence-corrected chi connectivity index (χ4v) is 2.80. The molecule has 1 amide bonds. The number of carbonyl (C=O) groups excluding carboxylic acids is 1. The van der Waals surface area contributed by atoms with Gasteiger partial charge in [-0.1, -0.05) is 17.7 Å². The maximum Gasteiger partial charge on any atom is 0.228 e. The molecule has 2 aromatic heterocycles. The van der Waals surface area contributed by atoms with E-state index in [1.807, 2.05) is 18.2 Å². The minimum Gasteiger partial charge on any atom is -0.486 e. The molecule has 1 aliphatic rings. The fourth-order valence-electron chi connectivity index (χ4n) is 2.61. The number of benzene rings is 1. The molecule has 0 fully saturated rings. The minimum absolute atomic E-state index is 0.123. The number of carbonyl (C=O) groups is 1. The molecule has 0 saturated heterocycles. The third-order valence-electron chi connectivity index (χ3n) is 3.72. The first-order valence-corrected chi connectivity index (χ1v) is 7.88. The summed E-state index contributed by atoms with van der Waals surface area (Å²) < 4.78 is 12.7. The van der Waals surface area contributed by atoms with E-state index in [2.05, 4.69) is 10.3 Å². The summed E-state index contributed by atoms with van der Waals surface area (Å²) in [5.41, 5.74) is 2.24. The van der Waals surface area contributed by atoms with Crippen molar-refractivity contribution in [3.63, 3.8) is 0 Å². The van der Waals surface area contributed by atoms with Crippen LogP contribution in [0.3, 0.4) is 0 Å². The van der Waals surface area contributed by atoms with Gasteiger partial charge in [0.2, 0.25) is 5.91 Å². The predicted molar refractivity (Wildman–Crippen MR) is 90.0 cm³/mol. The third-order valence-corrected chi connectivity index (χ3v) is 4.00. The highest BCUT2D eigenvalue weighted by atomic mass is 35.5. The summed E-state index contributed by atoms with van der Waals surface area (Å²) in [6.07, 6.45) is 3.55. The van der Waals surface area contributed by atoms with Gasteiger partial charge in [-0.2, -0.15) is 0 Å². The van der Waals surface area contributed by atoms with Gasteiger partial charge >= 0.3 is 0 Å². The molecule has 0 atom stereocenters. The Bertz CT molecular complexity index is 923. The monoisotopic (exact) mass is 343 g/mol. The normalized spacial score (nSPS) is 13.0. The number of fused-ring (bicyclic) bond motifs is 2. The lowest BCUT2D eigenvalue weighted by molar-refractivity contribution is -0.115. The van der Waals surface area contributed by atoms with Gasteiger partial charge in [-0.05, 0) is 29.8 Å². The lowest BCUT2D eigenvalue weighted by Crippen LogP contribution is -2.17. The van der Waals surface area contributed by atoms with E-state index in [0.29, 0.717) is 35.6 Å². The molecule has 0 unspecified atom stereocenters. The molecular weight excluding hydrogens is 330 g/mol. The van der Waals surface area contributed by atoms with Crippen LogP contribution in [0.5, 0.6) is 11.5 Å². The quantitative estimate of drug-likeness (QED) is 0.794. The van der Waals surface area contributed by atoms with Crippen LogP contribution in [0.15, 0.2) is 42.7 Å². The van der Waals surface area contributed by atoms with E-state index in [4.69, 9.17) is 21.1 Å². The summed E-state index contributed by atoms with van der Waals surface area (Å²) in [7, 11) is 0. The highest BCUT2D eigenvalue weighted by Crippen LogP contribution is 2.30. The standard InChI is InChI=1S/C17H14ClN3O3/c18-15-9-19-16-4-2-12(10-21(15)16)20-17(22)8-11-1-3-13-14(7-11)24-6-5-23-13/h1-4,7,9-10H,5-6,8H2,(H,20,22). The molecule has 3 aromatic rings. The summed E-state index contributed by atoms with van der Waals surface area (Å²) >= 11 is 6.04. The van der Waals surface area contributed by atoms with Crippen molar-refractivity contribution in [1.82, 2.24) is 9.38 Å². The Morgan fingerprint density at radius 3 is 2.92 bits per heavy atom. The number of amides is 1. The van der Waals surface area contributed by atoms with Gasteiger partial charge in [-0.25, -0.2) is 4.98 Å². The van der Waals surface area contributed by atoms with Gasteiger partial charge in [0.1, 0.15) is 24.0 Å². The molecule has 3 heterocycles. The second-order valence-electron chi connectivity index (χ2n) is 5.43. The molecule has 4 rings (SSSR count). The summed E-state index contributed by atoms with van der Waals surface area (Å²) in [4.78, 5) is 16.4. The number of ether oxygens (including phenoxy) is 2. The lowest BCUT2D eigenvalue weighted by atomic mass is 10.1. The van der Waals surface area contributed by atoms with Gasteiger partial charge in [0, 0.05) is 6.20 Å². The van der Waals surface area contributed by atoms with Crippen molar-refractivity contribution in [3.05, 3.63) is 53.4 Å². The number of hydrogen-bond acceptors (Lipinski definition) is 4. The van der Waals surface area contributed by atoms with Crippen molar-refractivity contribution in [2.24, 2.45) is 0 Å². The number of anilines is 1. The SMILES string of the molecule is O=C(Cc1ccc2c(c1)OCCO2)Nc1ccc2ncc(Cl)n2c1. The minimum atomic E-state index is -0.123. The zero-order chi connectivity index (χ0) is 16.5. The van der Waals surface area contributed by atoms with Crippen molar-refractivity contribution in [1.29, 1.82) is 0 Å². The smallest absolute Gasteiger partial charge is 0.228 e. The van der Waals surface area contributed by atoms with E-state index in [1.54, 1.807) is 28.9 Å². The second kappa shape index (κ2) is 6.05. The van der Waals surface area contributed by atoms with Crippen LogP contribution >= 0.6 is 11.6 Å². The van der Waals surface area contributed by atoms with Crippen LogP contribution in [0.4, 0.5) is 5.69 Å². The molecule has 0 aliphatic carbocycles. The van der Waals surface area contributed by atoms with Gasteiger partial charge in [-0.15, -0.1) is 0 Å². The number of nitrogens with zero attached hydrogens (tertiary/aromatic N) is 2. The lowest BCUT2D eigenvalue weighted by Gasteiger charge is -2.18. The average Bonchev–Trinajstić information content (AvgIpc) is 2.95.